The Bertz CT molecular complexity index is 1190. The predicted octanol–water partition coefficient (Wildman–Crippen LogP) is 2.95. The third kappa shape index (κ3) is 5.37. The van der Waals surface area contributed by atoms with E-state index in [0.29, 0.717) is 12.3 Å². The fourth-order valence-electron chi connectivity index (χ4n) is 4.12. The van der Waals surface area contributed by atoms with Crippen LogP contribution in [0.2, 0.25) is 0 Å². The van der Waals surface area contributed by atoms with E-state index in [0.717, 1.165) is 59.8 Å². The summed E-state index contributed by atoms with van der Waals surface area (Å²) in [5, 5.41) is 3.72. The first-order valence-corrected chi connectivity index (χ1v) is 12.4. The van der Waals surface area contributed by atoms with Crippen LogP contribution in [0.15, 0.2) is 59.9 Å². The lowest BCUT2D eigenvalue weighted by atomic mass is 10.2. The SMILES string of the molecule is COc1ccccc1N1CCN(c2nccnc2SCC(=O)NCc2ccc3c(c2)OCO3)CC1. The lowest BCUT2D eigenvalue weighted by Gasteiger charge is -2.37. The van der Waals surface area contributed by atoms with Crippen LogP contribution in [0.1, 0.15) is 5.56 Å². The molecule has 1 saturated heterocycles. The highest BCUT2D eigenvalue weighted by molar-refractivity contribution is 8.00. The Hall–Kier alpha value is -3.66. The summed E-state index contributed by atoms with van der Waals surface area (Å²) in [4.78, 5) is 26.1. The van der Waals surface area contributed by atoms with Gasteiger partial charge < -0.3 is 29.3 Å². The monoisotopic (exact) mass is 493 g/mol. The first kappa shape index (κ1) is 23.1. The quantitative estimate of drug-likeness (QED) is 0.476. The predicted molar refractivity (Wildman–Crippen MR) is 135 cm³/mol. The highest BCUT2D eigenvalue weighted by Gasteiger charge is 2.23. The molecule has 0 saturated carbocycles. The Morgan fingerprint density at radius 1 is 1.03 bits per heavy atom. The second kappa shape index (κ2) is 10.7. The number of rotatable bonds is 8. The van der Waals surface area contributed by atoms with E-state index in [9.17, 15) is 4.79 Å². The van der Waals surface area contributed by atoms with Crippen LogP contribution >= 0.6 is 11.8 Å². The van der Waals surface area contributed by atoms with Crippen LogP contribution in [0.25, 0.3) is 0 Å². The number of aromatic nitrogens is 2. The third-order valence-corrected chi connectivity index (χ3v) is 6.89. The van der Waals surface area contributed by atoms with Gasteiger partial charge in [-0.1, -0.05) is 30.0 Å². The number of carbonyl (C=O) groups excluding carboxylic acids is 1. The van der Waals surface area contributed by atoms with Gasteiger partial charge in [0.25, 0.3) is 0 Å². The van der Waals surface area contributed by atoms with Crippen LogP contribution in [0, 0.1) is 0 Å². The molecule has 0 atom stereocenters. The second-order valence-corrected chi connectivity index (χ2v) is 9.05. The van der Waals surface area contributed by atoms with Gasteiger partial charge >= 0.3 is 0 Å². The van der Waals surface area contributed by atoms with E-state index in [1.54, 1.807) is 19.5 Å². The number of methoxy groups -OCH3 is 1. The summed E-state index contributed by atoms with van der Waals surface area (Å²) in [6.07, 6.45) is 3.37. The first-order chi connectivity index (χ1) is 17.2. The standard InChI is InChI=1S/C25H27N5O4S/c1-32-20-5-3-2-4-19(20)29-10-12-30(13-11-29)24-25(27-9-8-26-24)35-16-23(31)28-15-18-6-7-21-22(14-18)34-17-33-21/h2-9,14H,10-13,15-17H2,1H3,(H,28,31). The number of amides is 1. The Balaban J connectivity index is 1.15. The molecule has 9 nitrogen and oxygen atoms in total. The molecule has 10 heteroatoms. The molecule has 3 aromatic rings. The molecule has 182 valence electrons. The van der Waals surface area contributed by atoms with Crippen molar-refractivity contribution in [2.45, 2.75) is 11.6 Å². The average Bonchev–Trinajstić information content (AvgIpc) is 3.39. The number of anilines is 2. The second-order valence-electron chi connectivity index (χ2n) is 8.08. The fraction of sp³-hybridized carbons (Fsp3) is 0.320. The summed E-state index contributed by atoms with van der Waals surface area (Å²) in [5.41, 5.74) is 2.06. The zero-order valence-electron chi connectivity index (χ0n) is 19.5. The Kier molecular flexibility index (Phi) is 7.08. The van der Waals surface area contributed by atoms with Gasteiger partial charge in [0.1, 0.15) is 10.8 Å². The van der Waals surface area contributed by atoms with Crippen molar-refractivity contribution >= 4 is 29.2 Å². The maximum atomic E-state index is 12.5. The number of ether oxygens (including phenoxy) is 3. The molecule has 0 bridgehead atoms. The van der Waals surface area contributed by atoms with E-state index >= 15 is 0 Å². The van der Waals surface area contributed by atoms with Gasteiger partial charge in [0, 0.05) is 45.1 Å². The minimum absolute atomic E-state index is 0.0646. The van der Waals surface area contributed by atoms with Crippen molar-refractivity contribution in [2.24, 2.45) is 0 Å². The summed E-state index contributed by atoms with van der Waals surface area (Å²) >= 11 is 1.40. The van der Waals surface area contributed by atoms with Crippen LogP contribution in [0.3, 0.4) is 0 Å². The van der Waals surface area contributed by atoms with Gasteiger partial charge in [-0.05, 0) is 29.8 Å². The van der Waals surface area contributed by atoms with Crippen molar-refractivity contribution in [1.82, 2.24) is 15.3 Å². The first-order valence-electron chi connectivity index (χ1n) is 11.4. The van der Waals surface area contributed by atoms with Crippen molar-refractivity contribution in [3.05, 3.63) is 60.4 Å². The number of hydrogen-bond acceptors (Lipinski definition) is 9. The number of nitrogens with zero attached hydrogens (tertiary/aromatic N) is 4. The molecule has 1 amide bonds. The smallest absolute Gasteiger partial charge is 0.231 e. The highest BCUT2D eigenvalue weighted by atomic mass is 32.2. The van der Waals surface area contributed by atoms with Gasteiger partial charge in [0.05, 0.1) is 18.6 Å². The summed E-state index contributed by atoms with van der Waals surface area (Å²) in [5.74, 6) is 3.34. The Morgan fingerprint density at radius 2 is 1.80 bits per heavy atom. The fourth-order valence-corrected chi connectivity index (χ4v) is 4.94. The summed E-state index contributed by atoms with van der Waals surface area (Å²) < 4.78 is 16.2. The van der Waals surface area contributed by atoms with Gasteiger partial charge in [-0.2, -0.15) is 0 Å². The number of piperazine rings is 1. The van der Waals surface area contributed by atoms with Crippen LogP contribution in [-0.2, 0) is 11.3 Å². The Labute approximate surface area is 208 Å². The van der Waals surface area contributed by atoms with E-state index in [1.807, 2.05) is 36.4 Å². The molecule has 1 fully saturated rings. The summed E-state index contributed by atoms with van der Waals surface area (Å²) in [6, 6.07) is 13.7. The van der Waals surface area contributed by atoms with Gasteiger partial charge in [-0.15, -0.1) is 0 Å². The molecule has 35 heavy (non-hydrogen) atoms. The number of benzene rings is 2. The minimum atomic E-state index is -0.0646. The van der Waals surface area contributed by atoms with Crippen LogP contribution in [0.5, 0.6) is 17.2 Å². The average molecular weight is 494 g/mol. The van der Waals surface area contributed by atoms with E-state index in [1.165, 1.54) is 11.8 Å². The largest absolute Gasteiger partial charge is 0.495 e. The lowest BCUT2D eigenvalue weighted by Crippen LogP contribution is -2.47. The third-order valence-electron chi connectivity index (χ3n) is 5.92. The van der Waals surface area contributed by atoms with Crippen molar-refractivity contribution in [2.75, 3.05) is 55.6 Å². The van der Waals surface area contributed by atoms with Crippen molar-refractivity contribution in [1.29, 1.82) is 0 Å². The number of carbonyl (C=O) groups is 1. The molecule has 0 aliphatic carbocycles. The van der Waals surface area contributed by atoms with Gasteiger partial charge in [-0.3, -0.25) is 4.79 Å². The van der Waals surface area contributed by atoms with E-state index in [4.69, 9.17) is 14.2 Å². The number of hydrogen-bond donors (Lipinski definition) is 1. The van der Waals surface area contributed by atoms with E-state index < -0.39 is 0 Å². The van der Waals surface area contributed by atoms with Gasteiger partial charge in [0.15, 0.2) is 17.3 Å². The molecule has 3 heterocycles. The maximum Gasteiger partial charge on any atom is 0.231 e. The zero-order chi connectivity index (χ0) is 24.0. The van der Waals surface area contributed by atoms with Crippen LogP contribution < -0.4 is 29.3 Å². The number of para-hydroxylation sites is 2. The highest BCUT2D eigenvalue weighted by Crippen LogP contribution is 2.33. The zero-order valence-corrected chi connectivity index (χ0v) is 20.3. The summed E-state index contributed by atoms with van der Waals surface area (Å²) in [6.45, 7) is 3.96. The van der Waals surface area contributed by atoms with Crippen molar-refractivity contribution < 1.29 is 19.0 Å². The normalized spacial score (nSPS) is 14.7. The molecule has 0 radical (unpaired) electrons. The molecule has 2 aliphatic rings. The molecule has 5 rings (SSSR count). The number of fused-ring (bicyclic) bond motifs is 1. The molecular weight excluding hydrogens is 466 g/mol. The molecule has 1 N–H and O–H groups in total. The molecule has 1 aromatic heterocycles. The number of thioether (sulfide) groups is 1. The van der Waals surface area contributed by atoms with Crippen LogP contribution in [0.4, 0.5) is 11.5 Å². The van der Waals surface area contributed by atoms with Crippen LogP contribution in [-0.4, -0.2) is 61.7 Å². The van der Waals surface area contributed by atoms with Crippen molar-refractivity contribution in [3.8, 4) is 17.2 Å². The molecular formula is C25H27N5O4S. The molecule has 2 aliphatic heterocycles. The molecule has 0 unspecified atom stereocenters. The topological polar surface area (TPSA) is 89.1 Å². The Morgan fingerprint density at radius 3 is 2.66 bits per heavy atom. The molecule has 0 spiro atoms. The van der Waals surface area contributed by atoms with Crippen molar-refractivity contribution in [3.63, 3.8) is 0 Å². The maximum absolute atomic E-state index is 12.5. The summed E-state index contributed by atoms with van der Waals surface area (Å²) in [7, 11) is 1.70. The van der Waals surface area contributed by atoms with Gasteiger partial charge in [-0.25, -0.2) is 9.97 Å². The van der Waals surface area contributed by atoms with E-state index in [-0.39, 0.29) is 18.5 Å². The molecule has 2 aromatic carbocycles. The lowest BCUT2D eigenvalue weighted by molar-refractivity contribution is -0.118. The number of nitrogens with one attached hydrogen (secondary N) is 1. The minimum Gasteiger partial charge on any atom is -0.495 e. The van der Waals surface area contributed by atoms with E-state index in [2.05, 4.69) is 31.2 Å². The van der Waals surface area contributed by atoms with Gasteiger partial charge in [0.2, 0.25) is 12.7 Å².